The van der Waals surface area contributed by atoms with E-state index in [1.165, 1.54) is 0 Å². The van der Waals surface area contributed by atoms with E-state index in [9.17, 15) is 22.0 Å². The summed E-state index contributed by atoms with van der Waals surface area (Å²) < 4.78 is 56.1. The number of halogens is 2. The highest BCUT2D eigenvalue weighted by Crippen LogP contribution is 2.40. The molecular formula is C12H19F2NO4S. The molecule has 1 amide bonds. The van der Waals surface area contributed by atoms with Crippen LogP contribution in [0.1, 0.15) is 44.9 Å². The average molecular weight is 311 g/mol. The van der Waals surface area contributed by atoms with Crippen molar-refractivity contribution >= 4 is 16.0 Å². The normalized spacial score (nSPS) is 31.4. The Bertz CT molecular complexity index is 478. The molecule has 2 aliphatic carbocycles. The number of amides is 1. The van der Waals surface area contributed by atoms with Gasteiger partial charge in [-0.25, -0.2) is 0 Å². The summed E-state index contributed by atoms with van der Waals surface area (Å²) in [6.07, 6.45) is 6.47. The maximum Gasteiger partial charge on any atom is 0.446 e. The fraction of sp³-hybridized carbons (Fsp3) is 0.917. The zero-order chi connectivity index (χ0) is 15.0. The Hall–Kier alpha value is -0.760. The summed E-state index contributed by atoms with van der Waals surface area (Å²) in [6, 6.07) is -0.422. The standard InChI is InChI=1S/C12H19F2NO4S/c13-12(14,20(17,18)19)11(16)15-10-7-3-5-8-4-1-2-6-9(8)10/h8-10H,1-7H2,(H,15,16)(H,17,18,19). The summed E-state index contributed by atoms with van der Waals surface area (Å²) in [7, 11) is -5.73. The van der Waals surface area contributed by atoms with Crippen LogP contribution in [0.4, 0.5) is 8.78 Å². The maximum absolute atomic E-state index is 13.3. The zero-order valence-electron chi connectivity index (χ0n) is 11.0. The number of alkyl halides is 2. The third-order valence-corrected chi connectivity index (χ3v) is 5.31. The van der Waals surface area contributed by atoms with Crippen molar-refractivity contribution in [2.45, 2.75) is 56.2 Å². The van der Waals surface area contributed by atoms with Gasteiger partial charge < -0.3 is 5.32 Å². The van der Waals surface area contributed by atoms with E-state index in [0.29, 0.717) is 12.3 Å². The molecular weight excluding hydrogens is 292 g/mol. The summed E-state index contributed by atoms with van der Waals surface area (Å²) >= 11 is 0. The van der Waals surface area contributed by atoms with E-state index in [4.69, 9.17) is 4.55 Å². The van der Waals surface area contributed by atoms with Gasteiger partial charge in [0.1, 0.15) is 0 Å². The highest BCUT2D eigenvalue weighted by Gasteiger charge is 2.53. The first-order valence-electron chi connectivity index (χ1n) is 6.89. The molecule has 0 radical (unpaired) electrons. The van der Waals surface area contributed by atoms with Crippen molar-refractivity contribution in [2.24, 2.45) is 11.8 Å². The molecule has 0 aromatic heterocycles. The summed E-state index contributed by atoms with van der Waals surface area (Å²) in [5.41, 5.74) is 0. The minimum absolute atomic E-state index is 0.138. The Morgan fingerprint density at radius 3 is 2.35 bits per heavy atom. The topological polar surface area (TPSA) is 83.5 Å². The third-order valence-electron chi connectivity index (χ3n) is 4.48. The number of hydrogen-bond donors (Lipinski definition) is 2. The van der Waals surface area contributed by atoms with E-state index < -0.39 is 27.3 Å². The van der Waals surface area contributed by atoms with Gasteiger partial charge in [0.25, 0.3) is 0 Å². The Morgan fingerprint density at radius 1 is 1.10 bits per heavy atom. The van der Waals surface area contributed by atoms with Crippen molar-refractivity contribution in [1.29, 1.82) is 0 Å². The molecule has 2 saturated carbocycles. The predicted octanol–water partition coefficient (Wildman–Crippen LogP) is 1.94. The van der Waals surface area contributed by atoms with Crippen molar-refractivity contribution < 1.29 is 26.5 Å². The van der Waals surface area contributed by atoms with E-state index in [1.54, 1.807) is 0 Å². The number of hydrogen-bond acceptors (Lipinski definition) is 3. The fourth-order valence-corrected chi connectivity index (χ4v) is 3.78. The predicted molar refractivity (Wildman–Crippen MR) is 67.7 cm³/mol. The smallest absolute Gasteiger partial charge is 0.347 e. The number of rotatable bonds is 3. The van der Waals surface area contributed by atoms with Gasteiger partial charge in [-0.1, -0.05) is 32.1 Å². The van der Waals surface area contributed by atoms with Gasteiger partial charge in [0, 0.05) is 6.04 Å². The lowest BCUT2D eigenvalue weighted by atomic mass is 9.68. The molecule has 0 heterocycles. The molecule has 3 unspecified atom stereocenters. The molecule has 0 spiro atoms. The van der Waals surface area contributed by atoms with Crippen LogP contribution in [0.2, 0.25) is 0 Å². The zero-order valence-corrected chi connectivity index (χ0v) is 11.8. The number of carbonyl (C=O) groups is 1. The molecule has 20 heavy (non-hydrogen) atoms. The summed E-state index contributed by atoms with van der Waals surface area (Å²) in [4.78, 5) is 11.5. The quantitative estimate of drug-likeness (QED) is 0.780. The van der Waals surface area contributed by atoms with Crippen LogP contribution in [-0.4, -0.2) is 30.2 Å². The van der Waals surface area contributed by atoms with Crippen LogP contribution in [0, 0.1) is 11.8 Å². The van der Waals surface area contributed by atoms with E-state index in [0.717, 1.165) is 38.5 Å². The Balaban J connectivity index is 2.07. The van der Waals surface area contributed by atoms with Gasteiger partial charge >= 0.3 is 21.3 Å². The molecule has 0 aromatic rings. The SMILES string of the molecule is O=C(NC1CCCC2CCCCC21)C(F)(F)S(=O)(=O)O. The van der Waals surface area contributed by atoms with E-state index >= 15 is 0 Å². The molecule has 2 aliphatic rings. The fourth-order valence-electron chi connectivity index (χ4n) is 3.49. The van der Waals surface area contributed by atoms with Crippen molar-refractivity contribution in [3.8, 4) is 0 Å². The van der Waals surface area contributed by atoms with Crippen LogP contribution in [0.5, 0.6) is 0 Å². The summed E-state index contributed by atoms with van der Waals surface area (Å²) in [6.45, 7) is 0. The second kappa shape index (κ2) is 5.55. The van der Waals surface area contributed by atoms with Gasteiger partial charge in [-0.3, -0.25) is 9.35 Å². The molecule has 0 bridgehead atoms. The van der Waals surface area contributed by atoms with Crippen LogP contribution in [0.15, 0.2) is 0 Å². The van der Waals surface area contributed by atoms with Gasteiger partial charge in [-0.15, -0.1) is 0 Å². The monoisotopic (exact) mass is 311 g/mol. The molecule has 2 fully saturated rings. The van der Waals surface area contributed by atoms with Crippen molar-refractivity contribution in [1.82, 2.24) is 5.32 Å². The molecule has 2 N–H and O–H groups in total. The van der Waals surface area contributed by atoms with Gasteiger partial charge in [0.05, 0.1) is 0 Å². The second-order valence-corrected chi connectivity index (χ2v) is 7.17. The van der Waals surface area contributed by atoms with Crippen molar-refractivity contribution in [3.63, 3.8) is 0 Å². The van der Waals surface area contributed by atoms with Crippen LogP contribution >= 0.6 is 0 Å². The summed E-state index contributed by atoms with van der Waals surface area (Å²) in [5.74, 6) is -1.36. The van der Waals surface area contributed by atoms with Gasteiger partial charge in [0.2, 0.25) is 0 Å². The van der Waals surface area contributed by atoms with Crippen molar-refractivity contribution in [3.05, 3.63) is 0 Å². The lowest BCUT2D eigenvalue weighted by Crippen LogP contribution is -2.53. The minimum atomic E-state index is -5.73. The molecule has 5 nitrogen and oxygen atoms in total. The lowest BCUT2D eigenvalue weighted by molar-refractivity contribution is -0.138. The molecule has 0 aromatic carbocycles. The van der Waals surface area contributed by atoms with Gasteiger partial charge in [-0.2, -0.15) is 17.2 Å². The number of carbonyl (C=O) groups excluding carboxylic acids is 1. The first kappa shape index (κ1) is 15.6. The first-order valence-corrected chi connectivity index (χ1v) is 8.33. The Kier molecular flexibility index (Phi) is 4.34. The summed E-state index contributed by atoms with van der Waals surface area (Å²) in [5, 5.41) is -2.65. The molecule has 0 saturated heterocycles. The third kappa shape index (κ3) is 2.95. The van der Waals surface area contributed by atoms with E-state index in [2.05, 4.69) is 5.32 Å². The maximum atomic E-state index is 13.3. The molecule has 2 rings (SSSR count). The number of fused-ring (bicyclic) bond motifs is 1. The highest BCUT2D eigenvalue weighted by atomic mass is 32.2. The Labute approximate surface area is 116 Å². The van der Waals surface area contributed by atoms with Gasteiger partial charge in [-0.05, 0) is 24.7 Å². The molecule has 3 atom stereocenters. The van der Waals surface area contributed by atoms with E-state index in [1.807, 2.05) is 0 Å². The largest absolute Gasteiger partial charge is 0.446 e. The second-order valence-electron chi connectivity index (χ2n) is 5.71. The van der Waals surface area contributed by atoms with Crippen molar-refractivity contribution in [2.75, 3.05) is 0 Å². The van der Waals surface area contributed by atoms with Crippen LogP contribution in [0.25, 0.3) is 0 Å². The molecule has 0 aliphatic heterocycles. The van der Waals surface area contributed by atoms with Crippen LogP contribution < -0.4 is 5.32 Å². The molecule has 8 heteroatoms. The van der Waals surface area contributed by atoms with E-state index in [-0.39, 0.29) is 5.92 Å². The number of nitrogens with one attached hydrogen (secondary N) is 1. The first-order chi connectivity index (χ1) is 9.23. The van der Waals surface area contributed by atoms with Gasteiger partial charge in [0.15, 0.2) is 0 Å². The average Bonchev–Trinajstić information content (AvgIpc) is 2.37. The van der Waals surface area contributed by atoms with Crippen LogP contribution in [0.3, 0.4) is 0 Å². The van der Waals surface area contributed by atoms with Crippen LogP contribution in [-0.2, 0) is 14.9 Å². The molecule has 116 valence electrons. The lowest BCUT2D eigenvalue weighted by Gasteiger charge is -2.41. The highest BCUT2D eigenvalue weighted by molar-refractivity contribution is 7.87. The Morgan fingerprint density at radius 2 is 1.70 bits per heavy atom. The minimum Gasteiger partial charge on any atom is -0.347 e.